The molecule has 1 atom stereocenters. The SMILES string of the molecule is Cc1ccc([C@@H](C)NCc2cc(C#N)n(C)c2C)cc1. The number of nitrogens with one attached hydrogen (secondary N) is 1. The van der Waals surface area contributed by atoms with Gasteiger partial charge in [0.2, 0.25) is 0 Å². The van der Waals surface area contributed by atoms with E-state index in [-0.39, 0.29) is 0 Å². The average molecular weight is 267 g/mol. The molecule has 20 heavy (non-hydrogen) atoms. The Morgan fingerprint density at radius 3 is 2.45 bits per heavy atom. The number of nitriles is 1. The Labute approximate surface area is 120 Å². The molecule has 0 radical (unpaired) electrons. The molecule has 0 aliphatic heterocycles. The summed E-state index contributed by atoms with van der Waals surface area (Å²) < 4.78 is 1.94. The molecule has 0 aliphatic rings. The van der Waals surface area contributed by atoms with E-state index >= 15 is 0 Å². The van der Waals surface area contributed by atoms with Gasteiger partial charge in [0.15, 0.2) is 0 Å². The van der Waals surface area contributed by atoms with Crippen molar-refractivity contribution in [3.8, 4) is 6.07 Å². The lowest BCUT2D eigenvalue weighted by molar-refractivity contribution is 0.572. The van der Waals surface area contributed by atoms with Gasteiger partial charge in [0.25, 0.3) is 0 Å². The Morgan fingerprint density at radius 1 is 1.25 bits per heavy atom. The van der Waals surface area contributed by atoms with Crippen LogP contribution in [-0.4, -0.2) is 4.57 Å². The van der Waals surface area contributed by atoms with Crippen molar-refractivity contribution in [1.82, 2.24) is 9.88 Å². The van der Waals surface area contributed by atoms with Crippen molar-refractivity contribution in [3.63, 3.8) is 0 Å². The molecule has 2 aromatic rings. The summed E-state index contributed by atoms with van der Waals surface area (Å²) in [6.45, 7) is 7.08. The first-order chi connectivity index (χ1) is 9.52. The van der Waals surface area contributed by atoms with Crippen LogP contribution in [-0.2, 0) is 13.6 Å². The summed E-state index contributed by atoms with van der Waals surface area (Å²) in [5, 5.41) is 12.6. The molecule has 3 heteroatoms. The Balaban J connectivity index is 2.05. The predicted molar refractivity (Wildman–Crippen MR) is 81.3 cm³/mol. The van der Waals surface area contributed by atoms with Gasteiger partial charge in [-0.2, -0.15) is 5.26 Å². The smallest absolute Gasteiger partial charge is 0.120 e. The van der Waals surface area contributed by atoms with Crippen LogP contribution in [0.15, 0.2) is 30.3 Å². The van der Waals surface area contributed by atoms with Crippen LogP contribution >= 0.6 is 0 Å². The fourth-order valence-electron chi connectivity index (χ4n) is 2.28. The third kappa shape index (κ3) is 2.92. The van der Waals surface area contributed by atoms with Crippen LogP contribution in [0.2, 0.25) is 0 Å². The molecule has 1 aromatic heterocycles. The van der Waals surface area contributed by atoms with Crippen LogP contribution in [0.4, 0.5) is 0 Å². The number of hydrogen-bond donors (Lipinski definition) is 1. The van der Waals surface area contributed by atoms with Gasteiger partial charge in [-0.3, -0.25) is 0 Å². The monoisotopic (exact) mass is 267 g/mol. The van der Waals surface area contributed by atoms with Crippen LogP contribution < -0.4 is 5.32 Å². The molecule has 0 bridgehead atoms. The Kier molecular flexibility index (Phi) is 4.26. The second kappa shape index (κ2) is 5.94. The molecule has 1 heterocycles. The van der Waals surface area contributed by atoms with Gasteiger partial charge in [0.1, 0.15) is 11.8 Å². The number of hydrogen-bond acceptors (Lipinski definition) is 2. The standard InChI is InChI=1S/C17H21N3/c1-12-5-7-15(8-6-12)13(2)19-11-16-9-17(10-18)20(4)14(16)3/h5-9,13,19H,11H2,1-4H3/t13-/m1/s1. The van der Waals surface area contributed by atoms with Crippen LogP contribution in [0.1, 0.15) is 41.0 Å². The van der Waals surface area contributed by atoms with Crippen LogP contribution in [0.5, 0.6) is 0 Å². The predicted octanol–water partition coefficient (Wildman–Crippen LogP) is 3.36. The molecule has 1 N–H and O–H groups in total. The topological polar surface area (TPSA) is 40.8 Å². The van der Waals surface area contributed by atoms with Crippen molar-refractivity contribution >= 4 is 0 Å². The van der Waals surface area contributed by atoms with E-state index in [1.807, 2.05) is 24.6 Å². The summed E-state index contributed by atoms with van der Waals surface area (Å²) in [5.74, 6) is 0. The van der Waals surface area contributed by atoms with Crippen molar-refractivity contribution in [2.45, 2.75) is 33.4 Å². The molecule has 3 nitrogen and oxygen atoms in total. The maximum Gasteiger partial charge on any atom is 0.120 e. The quantitative estimate of drug-likeness (QED) is 0.922. The average Bonchev–Trinajstić information content (AvgIpc) is 2.73. The van der Waals surface area contributed by atoms with E-state index in [4.69, 9.17) is 5.26 Å². The van der Waals surface area contributed by atoms with Gasteiger partial charge in [0.05, 0.1) is 0 Å². The van der Waals surface area contributed by atoms with E-state index in [1.54, 1.807) is 0 Å². The summed E-state index contributed by atoms with van der Waals surface area (Å²) in [6.07, 6.45) is 0. The van der Waals surface area contributed by atoms with Crippen LogP contribution in [0, 0.1) is 25.2 Å². The van der Waals surface area contributed by atoms with Gasteiger partial charge >= 0.3 is 0 Å². The second-order valence-electron chi connectivity index (χ2n) is 5.32. The minimum atomic E-state index is 0.292. The van der Waals surface area contributed by atoms with E-state index in [0.717, 1.165) is 12.2 Å². The molecule has 2 rings (SSSR count). The number of benzene rings is 1. The summed E-state index contributed by atoms with van der Waals surface area (Å²) in [7, 11) is 1.93. The lowest BCUT2D eigenvalue weighted by Gasteiger charge is -2.14. The first kappa shape index (κ1) is 14.4. The molecule has 0 saturated carbocycles. The fraction of sp³-hybridized carbons (Fsp3) is 0.353. The zero-order valence-electron chi connectivity index (χ0n) is 12.6. The maximum absolute atomic E-state index is 9.05. The third-order valence-electron chi connectivity index (χ3n) is 3.93. The molecule has 0 spiro atoms. The number of rotatable bonds is 4. The number of aromatic nitrogens is 1. The zero-order valence-corrected chi connectivity index (χ0v) is 12.6. The molecular weight excluding hydrogens is 246 g/mol. The lowest BCUT2D eigenvalue weighted by Crippen LogP contribution is -2.18. The van der Waals surface area contributed by atoms with Crippen molar-refractivity contribution in [3.05, 3.63) is 58.4 Å². The molecule has 104 valence electrons. The molecule has 1 aromatic carbocycles. The third-order valence-corrected chi connectivity index (χ3v) is 3.93. The van der Waals surface area contributed by atoms with Gasteiger partial charge in [-0.25, -0.2) is 0 Å². The Bertz CT molecular complexity index is 629. The highest BCUT2D eigenvalue weighted by Gasteiger charge is 2.10. The highest BCUT2D eigenvalue weighted by atomic mass is 15.0. The first-order valence-electron chi connectivity index (χ1n) is 6.88. The van der Waals surface area contributed by atoms with Gasteiger partial charge in [0, 0.05) is 25.3 Å². The highest BCUT2D eigenvalue weighted by Crippen LogP contribution is 2.17. The van der Waals surface area contributed by atoms with Crippen molar-refractivity contribution in [2.24, 2.45) is 7.05 Å². The molecule has 0 fully saturated rings. The molecule has 0 amide bonds. The number of nitrogens with zero attached hydrogens (tertiary/aromatic N) is 2. The molecule has 0 aliphatic carbocycles. The van der Waals surface area contributed by atoms with Crippen LogP contribution in [0.25, 0.3) is 0 Å². The minimum Gasteiger partial charge on any atom is -0.340 e. The Morgan fingerprint density at radius 2 is 1.90 bits per heavy atom. The summed E-state index contributed by atoms with van der Waals surface area (Å²) in [4.78, 5) is 0. The number of aryl methyl sites for hydroxylation is 1. The van der Waals surface area contributed by atoms with E-state index in [1.165, 1.54) is 16.7 Å². The van der Waals surface area contributed by atoms with E-state index in [9.17, 15) is 0 Å². The highest BCUT2D eigenvalue weighted by molar-refractivity contribution is 5.34. The van der Waals surface area contributed by atoms with Gasteiger partial charge in [-0.15, -0.1) is 0 Å². The molecular formula is C17H21N3. The van der Waals surface area contributed by atoms with Gasteiger partial charge in [-0.1, -0.05) is 29.8 Å². The van der Waals surface area contributed by atoms with Crippen molar-refractivity contribution in [2.75, 3.05) is 0 Å². The lowest BCUT2D eigenvalue weighted by atomic mass is 10.1. The first-order valence-corrected chi connectivity index (χ1v) is 6.88. The van der Waals surface area contributed by atoms with E-state index in [2.05, 4.69) is 49.5 Å². The van der Waals surface area contributed by atoms with E-state index in [0.29, 0.717) is 11.7 Å². The van der Waals surface area contributed by atoms with Crippen molar-refractivity contribution < 1.29 is 0 Å². The molecule has 0 unspecified atom stereocenters. The molecule has 0 saturated heterocycles. The van der Waals surface area contributed by atoms with Crippen LogP contribution in [0.3, 0.4) is 0 Å². The minimum absolute atomic E-state index is 0.292. The van der Waals surface area contributed by atoms with E-state index < -0.39 is 0 Å². The normalized spacial score (nSPS) is 12.2. The Hall–Kier alpha value is -2.05. The fourth-order valence-corrected chi connectivity index (χ4v) is 2.28. The summed E-state index contributed by atoms with van der Waals surface area (Å²) >= 11 is 0. The maximum atomic E-state index is 9.05. The largest absolute Gasteiger partial charge is 0.340 e. The zero-order chi connectivity index (χ0) is 14.7. The second-order valence-corrected chi connectivity index (χ2v) is 5.32. The van der Waals surface area contributed by atoms with Gasteiger partial charge in [-0.05, 0) is 38.0 Å². The summed E-state index contributed by atoms with van der Waals surface area (Å²) in [6, 6.07) is 13.1. The van der Waals surface area contributed by atoms with Crippen molar-refractivity contribution in [1.29, 1.82) is 5.26 Å². The summed E-state index contributed by atoms with van der Waals surface area (Å²) in [5.41, 5.74) is 5.60. The van der Waals surface area contributed by atoms with Gasteiger partial charge < -0.3 is 9.88 Å².